The van der Waals surface area contributed by atoms with Crippen molar-refractivity contribution in [1.82, 2.24) is 9.55 Å². The summed E-state index contributed by atoms with van der Waals surface area (Å²) in [6.45, 7) is 4.20. The van der Waals surface area contributed by atoms with Gasteiger partial charge in [0.2, 0.25) is 0 Å². The largest absolute Gasteiger partial charge is 0.481 e. The molecule has 1 saturated heterocycles. The average Bonchev–Trinajstić information content (AvgIpc) is 3.64. The second-order valence-corrected chi connectivity index (χ2v) is 23.3. The van der Waals surface area contributed by atoms with E-state index in [-0.39, 0.29) is 37.9 Å². The molecular formula is C54H95N3O17P2. The van der Waals surface area contributed by atoms with Crippen LogP contribution < -0.4 is 11.4 Å². The molecule has 1 aliphatic rings. The lowest BCUT2D eigenvalue weighted by Gasteiger charge is -2.21. The normalized spacial score (nSPS) is 19.9. The highest BCUT2D eigenvalue weighted by atomic mass is 31.3. The highest BCUT2D eigenvalue weighted by molar-refractivity contribution is 7.61. The van der Waals surface area contributed by atoms with Gasteiger partial charge in [-0.05, 0) is 63.4 Å². The number of aromatic nitrogens is 2. The van der Waals surface area contributed by atoms with E-state index in [2.05, 4.69) is 48.3 Å². The first kappa shape index (κ1) is 69.0. The minimum Gasteiger partial charge on any atom is -0.462 e. The van der Waals surface area contributed by atoms with Crippen LogP contribution in [-0.2, 0) is 46.3 Å². The van der Waals surface area contributed by atoms with E-state index < -0.39 is 95.9 Å². The molecule has 1 aromatic rings. The molecule has 20 nitrogen and oxygen atoms in total. The van der Waals surface area contributed by atoms with Crippen LogP contribution in [0.2, 0.25) is 0 Å². The maximum atomic E-state index is 12.9. The molecule has 76 heavy (non-hydrogen) atoms. The van der Waals surface area contributed by atoms with Crippen LogP contribution in [0.1, 0.15) is 207 Å². The van der Waals surface area contributed by atoms with Gasteiger partial charge in [0.05, 0.1) is 25.4 Å². The molecule has 22 heteroatoms. The number of rotatable bonds is 46. The first-order chi connectivity index (χ1) is 36.3. The van der Waals surface area contributed by atoms with Gasteiger partial charge in [-0.1, -0.05) is 173 Å². The molecule has 9 atom stereocenters. The molecule has 438 valence electrons. The van der Waals surface area contributed by atoms with Gasteiger partial charge in [-0.2, -0.15) is 9.29 Å². The number of aliphatic hydroxyl groups is 4. The Morgan fingerprint density at radius 1 is 0.711 bits per heavy atom. The number of carbonyl (C=O) groups is 2. The second kappa shape index (κ2) is 41.0. The molecule has 2 heterocycles. The van der Waals surface area contributed by atoms with Gasteiger partial charge in [-0.15, -0.1) is 0 Å². The van der Waals surface area contributed by atoms with E-state index in [0.717, 1.165) is 55.2 Å². The van der Waals surface area contributed by atoms with Gasteiger partial charge in [0.25, 0.3) is 0 Å². The number of hydrogen-bond donors (Lipinski definition) is 7. The minimum absolute atomic E-state index is 0.00751. The third-order valence-corrected chi connectivity index (χ3v) is 15.5. The molecule has 0 saturated carbocycles. The zero-order valence-corrected chi connectivity index (χ0v) is 47.5. The van der Waals surface area contributed by atoms with Crippen LogP contribution in [0.3, 0.4) is 0 Å². The number of nitrogen functional groups attached to an aromatic ring is 1. The van der Waals surface area contributed by atoms with E-state index in [0.29, 0.717) is 12.8 Å². The molecule has 0 bridgehead atoms. The van der Waals surface area contributed by atoms with Gasteiger partial charge < -0.3 is 50.2 Å². The van der Waals surface area contributed by atoms with E-state index in [1.807, 2.05) is 12.2 Å². The monoisotopic (exact) mass is 1120 g/mol. The fourth-order valence-electron chi connectivity index (χ4n) is 8.37. The molecule has 1 aliphatic heterocycles. The first-order valence-electron chi connectivity index (χ1n) is 28.0. The van der Waals surface area contributed by atoms with Crippen molar-refractivity contribution in [1.29, 1.82) is 0 Å². The van der Waals surface area contributed by atoms with Crippen LogP contribution in [0.5, 0.6) is 0 Å². The quantitative estimate of drug-likeness (QED) is 0.0138. The van der Waals surface area contributed by atoms with Gasteiger partial charge in [0.1, 0.15) is 30.7 Å². The maximum absolute atomic E-state index is 12.9. The van der Waals surface area contributed by atoms with Crippen molar-refractivity contribution in [2.75, 3.05) is 25.6 Å². The smallest absolute Gasteiger partial charge is 0.462 e. The number of aliphatic hydroxyl groups excluding tert-OH is 4. The molecule has 0 aliphatic carbocycles. The number of ether oxygens (including phenoxy) is 3. The summed E-state index contributed by atoms with van der Waals surface area (Å²) in [6, 6.07) is 1.23. The Hall–Kier alpha value is -3.10. The molecule has 0 radical (unpaired) electrons. The van der Waals surface area contributed by atoms with Crippen molar-refractivity contribution in [3.63, 3.8) is 0 Å². The Balaban J connectivity index is 1.82. The molecule has 8 N–H and O–H groups in total. The fourth-order valence-corrected chi connectivity index (χ4v) is 10.5. The minimum atomic E-state index is -5.49. The van der Waals surface area contributed by atoms with Crippen LogP contribution in [0.15, 0.2) is 53.5 Å². The van der Waals surface area contributed by atoms with Crippen molar-refractivity contribution in [3.8, 4) is 0 Å². The summed E-state index contributed by atoms with van der Waals surface area (Å²) in [4.78, 5) is 62.1. The number of esters is 2. The van der Waals surface area contributed by atoms with Crippen LogP contribution in [0.25, 0.3) is 0 Å². The molecule has 0 amide bonds. The number of phosphoric acid groups is 2. The van der Waals surface area contributed by atoms with Crippen LogP contribution in [0.4, 0.5) is 5.82 Å². The topological polar surface area (TPSA) is 306 Å². The summed E-state index contributed by atoms with van der Waals surface area (Å²) in [7, 11) is -11.0. The van der Waals surface area contributed by atoms with E-state index in [1.54, 1.807) is 6.08 Å². The SMILES string of the molecule is CCCCC/C=C\C/C=C\C/C=C\CC(O)C(O)CCCC(=O)OC[C@H](COP(=O)(O)OP(=O)(O)OC[C@H]1O[C@@H](n2ccc(N)nc2=O)[C@H](O)[C@@H]1O)OC(=O)CCCCCCCCCCCCCCCCCCC(C)C. The molecule has 1 fully saturated rings. The molecule has 0 aromatic carbocycles. The van der Waals surface area contributed by atoms with Crippen molar-refractivity contribution in [2.24, 2.45) is 5.92 Å². The lowest BCUT2D eigenvalue weighted by molar-refractivity contribution is -0.161. The Bertz CT molecular complexity index is 1970. The predicted molar refractivity (Wildman–Crippen MR) is 292 cm³/mol. The third kappa shape index (κ3) is 33.4. The second-order valence-electron chi connectivity index (χ2n) is 20.2. The fraction of sp³-hybridized carbons (Fsp3) is 0.778. The Morgan fingerprint density at radius 2 is 1.26 bits per heavy atom. The van der Waals surface area contributed by atoms with Crippen molar-refractivity contribution in [2.45, 2.75) is 243 Å². The number of carbonyl (C=O) groups excluding carboxylic acids is 2. The Morgan fingerprint density at radius 3 is 1.86 bits per heavy atom. The molecular weight excluding hydrogens is 1020 g/mol. The number of allylic oxidation sites excluding steroid dienone is 5. The zero-order chi connectivity index (χ0) is 56.0. The van der Waals surface area contributed by atoms with Crippen molar-refractivity contribution >= 4 is 33.4 Å². The molecule has 0 spiro atoms. The summed E-state index contributed by atoms with van der Waals surface area (Å²) >= 11 is 0. The van der Waals surface area contributed by atoms with Crippen molar-refractivity contribution < 1.29 is 76.5 Å². The standard InChI is InChI=1S/C54H95N3O17P2/c1-4-5-6-7-8-9-10-18-21-24-27-30-34-45(58)46(59)35-32-37-49(60)69-40-44(72-50(61)36-31-28-25-22-19-16-14-12-11-13-15-17-20-23-26-29-33-43(2)3)41-70-75(65,66)74-76(67,68)71-42-47-51(62)52(63)53(73-47)57-39-38-48(55)56-54(57)64/h8-9,18,21,27,30,38-39,43-47,51-53,58-59,62-63H,4-7,10-17,19-20,22-26,28-29,31-37,40-42H2,1-3H3,(H,65,66)(H,67,68)(H2,55,56,64)/b9-8-,21-18-,30-27-/t44-,45?,46?,47-,51-,52-,53-/m1/s1. The van der Waals surface area contributed by atoms with Gasteiger partial charge in [-0.25, -0.2) is 13.9 Å². The average molecular weight is 1120 g/mol. The number of nitrogens with two attached hydrogens (primary N) is 1. The van der Waals surface area contributed by atoms with E-state index in [9.17, 15) is 53.7 Å². The maximum Gasteiger partial charge on any atom is 0.481 e. The summed E-state index contributed by atoms with van der Waals surface area (Å²) < 4.78 is 56.7. The van der Waals surface area contributed by atoms with Crippen LogP contribution in [0, 0.1) is 5.92 Å². The van der Waals surface area contributed by atoms with Crippen molar-refractivity contribution in [3.05, 3.63) is 59.2 Å². The van der Waals surface area contributed by atoms with E-state index in [4.69, 9.17) is 29.0 Å². The number of anilines is 1. The first-order valence-corrected chi connectivity index (χ1v) is 31.0. The van der Waals surface area contributed by atoms with Gasteiger partial charge in [-0.3, -0.25) is 23.2 Å². The number of nitrogens with zero attached hydrogens (tertiary/aromatic N) is 2. The van der Waals surface area contributed by atoms with Crippen LogP contribution in [-0.4, -0.2) is 108 Å². The third-order valence-electron chi connectivity index (χ3n) is 12.9. The number of hydrogen-bond acceptors (Lipinski definition) is 17. The van der Waals surface area contributed by atoms with Gasteiger partial charge in [0.15, 0.2) is 12.3 Å². The Kier molecular flexibility index (Phi) is 37.2. The van der Waals surface area contributed by atoms with Gasteiger partial charge in [0, 0.05) is 19.0 Å². The van der Waals surface area contributed by atoms with E-state index in [1.165, 1.54) is 102 Å². The highest BCUT2D eigenvalue weighted by Gasteiger charge is 2.46. The molecule has 1 aromatic heterocycles. The Labute approximate surface area is 452 Å². The number of phosphoric ester groups is 2. The van der Waals surface area contributed by atoms with E-state index >= 15 is 0 Å². The summed E-state index contributed by atoms with van der Waals surface area (Å²) in [5.41, 5.74) is 4.57. The predicted octanol–water partition coefficient (Wildman–Crippen LogP) is 10.1. The highest BCUT2D eigenvalue weighted by Crippen LogP contribution is 2.60. The summed E-state index contributed by atoms with van der Waals surface area (Å²) in [6.07, 6.45) is 29.5. The van der Waals surface area contributed by atoms with Gasteiger partial charge >= 0.3 is 33.3 Å². The van der Waals surface area contributed by atoms with Crippen LogP contribution >= 0.6 is 15.6 Å². The lowest BCUT2D eigenvalue weighted by Crippen LogP contribution is -2.36. The zero-order valence-electron chi connectivity index (χ0n) is 45.7. The summed E-state index contributed by atoms with van der Waals surface area (Å²) in [5.74, 6) is -0.790. The number of unbranched alkanes of at least 4 members (excludes halogenated alkanes) is 18. The summed E-state index contributed by atoms with van der Waals surface area (Å²) in [5, 5.41) is 41.8. The molecule has 2 rings (SSSR count). The lowest BCUT2D eigenvalue weighted by atomic mass is 10.0. The molecule has 4 unspecified atom stereocenters.